The summed E-state index contributed by atoms with van der Waals surface area (Å²) in [7, 11) is 0. The molecule has 2 aliphatic heterocycles. The molecule has 0 radical (unpaired) electrons. The quantitative estimate of drug-likeness (QED) is 0.777. The Morgan fingerprint density at radius 1 is 1.28 bits per heavy atom. The molecule has 1 aliphatic carbocycles. The lowest BCUT2D eigenvalue weighted by atomic mass is 9.67. The van der Waals surface area contributed by atoms with Crippen LogP contribution in [0.4, 0.5) is 0 Å². The van der Waals surface area contributed by atoms with E-state index in [1.54, 1.807) is 0 Å². The first-order chi connectivity index (χ1) is 13.7. The van der Waals surface area contributed by atoms with Crippen LogP contribution >= 0.6 is 0 Å². The molecule has 6 heteroatoms. The van der Waals surface area contributed by atoms with Gasteiger partial charge in [0.1, 0.15) is 23.9 Å². The number of ether oxygens (including phenoxy) is 2. The van der Waals surface area contributed by atoms with E-state index in [2.05, 4.69) is 11.4 Å². The van der Waals surface area contributed by atoms with E-state index in [0.29, 0.717) is 30.1 Å². The third-order valence-corrected chi connectivity index (χ3v) is 5.95. The van der Waals surface area contributed by atoms with Crippen LogP contribution in [0.25, 0.3) is 0 Å². The maximum absolute atomic E-state index is 13.2. The molecule has 1 saturated heterocycles. The van der Waals surface area contributed by atoms with Gasteiger partial charge in [0.2, 0.25) is 0 Å². The number of aryl methyl sites for hydroxylation is 1. The molecule has 3 atom stereocenters. The van der Waals surface area contributed by atoms with Gasteiger partial charge in [-0.15, -0.1) is 0 Å². The minimum Gasteiger partial charge on any atom is -0.466 e. The third kappa shape index (κ3) is 3.90. The normalized spacial score (nSPS) is 28.6. The SMILES string of the molecule is CC1=C(C(=O)OCC2CCCO2)C(c2ccc(C)o2)C2C(=O)CC(C)(C)C=C2N1. The Bertz CT molecular complexity index is 885. The minimum atomic E-state index is -0.489. The monoisotopic (exact) mass is 399 g/mol. The fourth-order valence-electron chi connectivity index (χ4n) is 4.69. The van der Waals surface area contributed by atoms with E-state index in [1.165, 1.54) is 0 Å². The fraction of sp³-hybridized carbons (Fsp3) is 0.565. The second-order valence-electron chi connectivity index (χ2n) is 9.03. The number of ketones is 1. The summed E-state index contributed by atoms with van der Waals surface area (Å²) in [4.78, 5) is 26.3. The lowest BCUT2D eigenvalue weighted by Gasteiger charge is -2.40. The highest BCUT2D eigenvalue weighted by molar-refractivity contribution is 5.96. The zero-order valence-electron chi connectivity index (χ0n) is 17.5. The van der Waals surface area contributed by atoms with Crippen LogP contribution in [0.3, 0.4) is 0 Å². The first-order valence-corrected chi connectivity index (χ1v) is 10.3. The van der Waals surface area contributed by atoms with E-state index < -0.39 is 17.8 Å². The molecule has 3 heterocycles. The average Bonchev–Trinajstić information content (AvgIpc) is 3.28. The molecule has 6 nitrogen and oxygen atoms in total. The van der Waals surface area contributed by atoms with Gasteiger partial charge in [0.05, 0.1) is 23.5 Å². The average molecular weight is 399 g/mol. The molecule has 0 spiro atoms. The Balaban J connectivity index is 1.71. The lowest BCUT2D eigenvalue weighted by Crippen LogP contribution is -2.43. The Kier molecular flexibility index (Phi) is 5.15. The van der Waals surface area contributed by atoms with Crippen molar-refractivity contribution in [3.8, 4) is 0 Å². The summed E-state index contributed by atoms with van der Waals surface area (Å²) in [6.07, 6.45) is 4.37. The molecular weight excluding hydrogens is 370 g/mol. The van der Waals surface area contributed by atoms with Crippen molar-refractivity contribution in [3.63, 3.8) is 0 Å². The Morgan fingerprint density at radius 3 is 2.72 bits per heavy atom. The Morgan fingerprint density at radius 2 is 2.07 bits per heavy atom. The summed E-state index contributed by atoms with van der Waals surface area (Å²) in [6, 6.07) is 3.72. The van der Waals surface area contributed by atoms with Gasteiger partial charge in [-0.1, -0.05) is 19.9 Å². The second kappa shape index (κ2) is 7.48. The maximum atomic E-state index is 13.2. The van der Waals surface area contributed by atoms with Gasteiger partial charge >= 0.3 is 5.97 Å². The van der Waals surface area contributed by atoms with Gasteiger partial charge in [-0.3, -0.25) is 4.79 Å². The standard InChI is InChI=1S/C23H29NO5/c1-13-7-8-18(29-13)21-19(22(26)28-12-15-6-5-9-27-15)14(2)24-16-10-23(3,4)11-17(25)20(16)21/h7-8,10,15,20-21,24H,5-6,9,11-12H2,1-4H3. The number of carbonyl (C=O) groups excluding carboxylic acids is 2. The number of rotatable bonds is 4. The van der Waals surface area contributed by atoms with E-state index in [0.717, 1.165) is 24.3 Å². The lowest BCUT2D eigenvalue weighted by molar-refractivity contribution is -0.143. The van der Waals surface area contributed by atoms with E-state index in [-0.39, 0.29) is 23.9 Å². The largest absolute Gasteiger partial charge is 0.466 e. The highest BCUT2D eigenvalue weighted by Crippen LogP contribution is 2.47. The number of esters is 1. The van der Waals surface area contributed by atoms with Gasteiger partial charge in [-0.05, 0) is 44.2 Å². The van der Waals surface area contributed by atoms with Crippen LogP contribution in [-0.4, -0.2) is 31.1 Å². The highest BCUT2D eigenvalue weighted by atomic mass is 16.6. The van der Waals surface area contributed by atoms with Gasteiger partial charge in [-0.2, -0.15) is 0 Å². The number of fused-ring (bicyclic) bond motifs is 1. The van der Waals surface area contributed by atoms with Crippen molar-refractivity contribution in [2.75, 3.05) is 13.2 Å². The molecule has 0 bridgehead atoms. The summed E-state index contributed by atoms with van der Waals surface area (Å²) in [5.74, 6) is 0.102. The van der Waals surface area contributed by atoms with Gasteiger partial charge in [0, 0.05) is 24.4 Å². The number of carbonyl (C=O) groups is 2. The van der Waals surface area contributed by atoms with E-state index in [4.69, 9.17) is 13.9 Å². The van der Waals surface area contributed by atoms with Crippen LogP contribution in [0.5, 0.6) is 0 Å². The van der Waals surface area contributed by atoms with Crippen LogP contribution in [0.2, 0.25) is 0 Å². The fourth-order valence-corrected chi connectivity index (χ4v) is 4.69. The number of furan rings is 1. The zero-order chi connectivity index (χ0) is 20.8. The van der Waals surface area contributed by atoms with E-state index in [9.17, 15) is 9.59 Å². The zero-order valence-corrected chi connectivity index (χ0v) is 17.5. The first kappa shape index (κ1) is 20.0. The predicted octanol–water partition coefficient (Wildman–Crippen LogP) is 3.77. The second-order valence-corrected chi connectivity index (χ2v) is 9.03. The molecule has 3 unspecified atom stereocenters. The molecular formula is C23H29NO5. The van der Waals surface area contributed by atoms with Crippen LogP contribution in [-0.2, 0) is 19.1 Å². The molecule has 1 aromatic rings. The number of nitrogens with one attached hydrogen (secondary N) is 1. The number of allylic oxidation sites excluding steroid dienone is 3. The molecule has 0 aromatic carbocycles. The molecule has 0 saturated carbocycles. The minimum absolute atomic E-state index is 0.0479. The number of hydrogen-bond acceptors (Lipinski definition) is 6. The molecule has 156 valence electrons. The van der Waals surface area contributed by atoms with Gasteiger partial charge in [-0.25, -0.2) is 4.79 Å². The van der Waals surface area contributed by atoms with Gasteiger partial charge in [0.15, 0.2) is 0 Å². The van der Waals surface area contributed by atoms with E-state index >= 15 is 0 Å². The molecule has 1 aromatic heterocycles. The molecule has 3 aliphatic rings. The van der Waals surface area contributed by atoms with Crippen molar-refractivity contribution in [1.29, 1.82) is 0 Å². The van der Waals surface area contributed by atoms with Crippen LogP contribution in [0.1, 0.15) is 57.5 Å². The summed E-state index contributed by atoms with van der Waals surface area (Å²) in [5, 5.41) is 3.32. The van der Waals surface area contributed by atoms with Gasteiger partial charge < -0.3 is 19.2 Å². The summed E-state index contributed by atoms with van der Waals surface area (Å²) < 4.78 is 17.1. The van der Waals surface area contributed by atoms with Crippen molar-refractivity contribution in [3.05, 3.63) is 46.7 Å². The number of hydrogen-bond donors (Lipinski definition) is 1. The van der Waals surface area contributed by atoms with Crippen molar-refractivity contribution in [2.45, 2.75) is 59.0 Å². The topological polar surface area (TPSA) is 77.8 Å². The maximum Gasteiger partial charge on any atom is 0.336 e. The Hall–Kier alpha value is -2.34. The predicted molar refractivity (Wildman–Crippen MR) is 107 cm³/mol. The van der Waals surface area contributed by atoms with Crippen LogP contribution < -0.4 is 5.32 Å². The van der Waals surface area contributed by atoms with Crippen LogP contribution in [0.15, 0.2) is 39.6 Å². The van der Waals surface area contributed by atoms with Crippen molar-refractivity contribution >= 4 is 11.8 Å². The third-order valence-electron chi connectivity index (χ3n) is 5.95. The van der Waals surface area contributed by atoms with Crippen LogP contribution in [0, 0.1) is 18.3 Å². The summed E-state index contributed by atoms with van der Waals surface area (Å²) in [5.41, 5.74) is 1.79. The smallest absolute Gasteiger partial charge is 0.336 e. The molecule has 4 rings (SSSR count). The summed E-state index contributed by atoms with van der Waals surface area (Å²) >= 11 is 0. The first-order valence-electron chi connectivity index (χ1n) is 10.3. The molecule has 0 amide bonds. The molecule has 29 heavy (non-hydrogen) atoms. The Labute approximate surface area is 171 Å². The number of Topliss-reactive ketones (excluding diaryl/α,β-unsaturated/α-hetero) is 1. The molecule has 1 fully saturated rings. The van der Waals surface area contributed by atoms with Crippen molar-refractivity contribution in [2.24, 2.45) is 11.3 Å². The molecule has 1 N–H and O–H groups in total. The highest BCUT2D eigenvalue weighted by Gasteiger charge is 2.47. The van der Waals surface area contributed by atoms with Crippen molar-refractivity contribution < 1.29 is 23.5 Å². The van der Waals surface area contributed by atoms with E-state index in [1.807, 2.05) is 39.8 Å². The summed E-state index contributed by atoms with van der Waals surface area (Å²) in [6.45, 7) is 8.75. The van der Waals surface area contributed by atoms with Gasteiger partial charge in [0.25, 0.3) is 0 Å². The van der Waals surface area contributed by atoms with Crippen molar-refractivity contribution in [1.82, 2.24) is 5.32 Å².